The number of carbonyl (C=O) groups is 1. The van der Waals surface area contributed by atoms with Gasteiger partial charge in [0, 0.05) is 18.8 Å². The van der Waals surface area contributed by atoms with E-state index in [1.807, 2.05) is 6.20 Å². The van der Waals surface area contributed by atoms with Gasteiger partial charge in [-0.1, -0.05) is 23.5 Å². The van der Waals surface area contributed by atoms with E-state index in [1.165, 1.54) is 28.0 Å². The molecule has 3 heterocycles. The molecule has 0 unspecified atom stereocenters. The summed E-state index contributed by atoms with van der Waals surface area (Å²) in [4.78, 5) is 31.1. The predicted octanol–water partition coefficient (Wildman–Crippen LogP) is 1.24. The van der Waals surface area contributed by atoms with Crippen LogP contribution >= 0.6 is 11.3 Å². The van der Waals surface area contributed by atoms with Gasteiger partial charge in [0.25, 0.3) is 5.56 Å². The number of aryl methyl sites for hydroxylation is 1. The zero-order chi connectivity index (χ0) is 21.4. The maximum Gasteiger partial charge on any atom is 0.338 e. The number of esters is 1. The molecule has 0 spiro atoms. The van der Waals surface area contributed by atoms with E-state index < -0.39 is 12.0 Å². The molecule has 8 nitrogen and oxygen atoms in total. The summed E-state index contributed by atoms with van der Waals surface area (Å²) in [6.45, 7) is 3.67. The number of allylic oxidation sites excluding steroid dienone is 1. The summed E-state index contributed by atoms with van der Waals surface area (Å²) in [6.07, 6.45) is 5.24. The molecule has 1 aliphatic rings. The molecular formula is C21H20N4O4S. The van der Waals surface area contributed by atoms with Crippen molar-refractivity contribution in [2.75, 3.05) is 6.61 Å². The van der Waals surface area contributed by atoms with Crippen LogP contribution in [0.4, 0.5) is 0 Å². The maximum absolute atomic E-state index is 13.3. The average Bonchev–Trinajstić information content (AvgIpc) is 3.24. The summed E-state index contributed by atoms with van der Waals surface area (Å²) in [5, 5.41) is 13.8. The summed E-state index contributed by atoms with van der Waals surface area (Å²) in [5.41, 5.74) is 2.03. The van der Waals surface area contributed by atoms with Crippen molar-refractivity contribution < 1.29 is 14.6 Å². The molecule has 30 heavy (non-hydrogen) atoms. The van der Waals surface area contributed by atoms with Crippen molar-refractivity contribution in [3.8, 4) is 5.75 Å². The fourth-order valence-electron chi connectivity index (χ4n) is 3.43. The maximum atomic E-state index is 13.3. The normalized spacial score (nSPS) is 16.4. The van der Waals surface area contributed by atoms with Gasteiger partial charge in [-0.15, -0.1) is 0 Å². The van der Waals surface area contributed by atoms with Crippen molar-refractivity contribution in [3.63, 3.8) is 0 Å². The lowest BCUT2D eigenvalue weighted by Gasteiger charge is -2.24. The van der Waals surface area contributed by atoms with E-state index in [4.69, 9.17) is 4.74 Å². The lowest BCUT2D eigenvalue weighted by molar-refractivity contribution is -0.139. The molecule has 1 aliphatic heterocycles. The summed E-state index contributed by atoms with van der Waals surface area (Å²) in [6, 6.07) is 5.74. The molecule has 0 aliphatic carbocycles. The van der Waals surface area contributed by atoms with E-state index >= 15 is 0 Å². The van der Waals surface area contributed by atoms with Crippen molar-refractivity contribution >= 4 is 23.4 Å². The van der Waals surface area contributed by atoms with Crippen LogP contribution in [0.15, 0.2) is 57.7 Å². The molecule has 0 bridgehead atoms. The number of phenols is 1. The molecule has 0 fully saturated rings. The van der Waals surface area contributed by atoms with E-state index in [2.05, 4.69) is 10.1 Å². The molecule has 0 radical (unpaired) electrons. The number of fused-ring (bicyclic) bond motifs is 1. The molecule has 0 saturated heterocycles. The van der Waals surface area contributed by atoms with Crippen LogP contribution in [-0.4, -0.2) is 32.0 Å². The first-order valence-corrected chi connectivity index (χ1v) is 10.2. The fourth-order valence-corrected chi connectivity index (χ4v) is 4.48. The quantitative estimate of drug-likeness (QED) is 0.636. The Morgan fingerprint density at radius 2 is 2.07 bits per heavy atom. The lowest BCUT2D eigenvalue weighted by Crippen LogP contribution is -2.39. The molecule has 9 heteroatoms. The lowest BCUT2D eigenvalue weighted by atomic mass is 9.96. The van der Waals surface area contributed by atoms with Gasteiger partial charge in [-0.2, -0.15) is 5.10 Å². The van der Waals surface area contributed by atoms with Crippen molar-refractivity contribution in [1.29, 1.82) is 0 Å². The van der Waals surface area contributed by atoms with E-state index in [9.17, 15) is 14.7 Å². The first kappa shape index (κ1) is 19.8. The summed E-state index contributed by atoms with van der Waals surface area (Å²) >= 11 is 1.25. The number of aromatic nitrogens is 3. The van der Waals surface area contributed by atoms with Crippen LogP contribution in [0.25, 0.3) is 6.08 Å². The monoisotopic (exact) mass is 424 g/mol. The number of hydrogen-bond acceptors (Lipinski definition) is 7. The summed E-state index contributed by atoms with van der Waals surface area (Å²) in [7, 11) is 1.80. The highest BCUT2D eigenvalue weighted by atomic mass is 32.1. The molecule has 0 saturated carbocycles. The Morgan fingerprint density at radius 3 is 2.70 bits per heavy atom. The number of benzene rings is 1. The van der Waals surface area contributed by atoms with E-state index in [-0.39, 0.29) is 17.9 Å². The zero-order valence-electron chi connectivity index (χ0n) is 16.7. The molecule has 3 aromatic rings. The minimum atomic E-state index is -0.697. The highest BCUT2D eigenvalue weighted by Gasteiger charge is 2.33. The van der Waals surface area contributed by atoms with E-state index in [0.29, 0.717) is 26.2 Å². The second-order valence-corrected chi connectivity index (χ2v) is 7.85. The second-order valence-electron chi connectivity index (χ2n) is 6.84. The van der Waals surface area contributed by atoms with Crippen LogP contribution in [0.3, 0.4) is 0 Å². The standard InChI is InChI=1S/C21H20N4O4S/c1-4-29-20(28)17-12(2)23-21-25(18(17)14-5-7-15(26)8-6-14)19(27)16(30-21)9-13-10-22-24(3)11-13/h5-11,18,26H,4H2,1-3H3/b16-9+/t18-/m1/s1. The SMILES string of the molecule is CCOC(=O)C1=C(C)N=c2s/c(=C/c3cnn(C)c3)c(=O)n2[C@@H]1c1ccc(O)cc1. The van der Waals surface area contributed by atoms with E-state index in [0.717, 1.165) is 5.56 Å². The molecule has 1 N–H and O–H groups in total. The number of carbonyl (C=O) groups excluding carboxylic acids is 1. The van der Waals surface area contributed by atoms with Gasteiger partial charge in [0.2, 0.25) is 0 Å². The van der Waals surface area contributed by atoms with Crippen molar-refractivity contribution in [2.24, 2.45) is 12.0 Å². The summed E-state index contributed by atoms with van der Waals surface area (Å²) in [5.74, 6) is -0.417. The Morgan fingerprint density at radius 1 is 1.33 bits per heavy atom. The number of thiazole rings is 1. The van der Waals surface area contributed by atoms with Crippen LogP contribution in [0.5, 0.6) is 5.75 Å². The van der Waals surface area contributed by atoms with Crippen LogP contribution in [-0.2, 0) is 16.6 Å². The third kappa shape index (κ3) is 3.48. The predicted molar refractivity (Wildman–Crippen MR) is 112 cm³/mol. The van der Waals surface area contributed by atoms with Crippen LogP contribution in [0.1, 0.15) is 31.0 Å². The third-order valence-corrected chi connectivity index (χ3v) is 5.73. The van der Waals surface area contributed by atoms with Gasteiger partial charge in [-0.3, -0.25) is 14.0 Å². The number of nitrogens with zero attached hydrogens (tertiary/aromatic N) is 4. The fraction of sp³-hybridized carbons (Fsp3) is 0.238. The molecule has 1 aromatic carbocycles. The van der Waals surface area contributed by atoms with Gasteiger partial charge in [0.15, 0.2) is 4.80 Å². The molecular weight excluding hydrogens is 404 g/mol. The van der Waals surface area contributed by atoms with Crippen molar-refractivity contribution in [3.05, 3.63) is 78.7 Å². The highest BCUT2D eigenvalue weighted by Crippen LogP contribution is 2.31. The zero-order valence-corrected chi connectivity index (χ0v) is 17.5. The first-order chi connectivity index (χ1) is 14.4. The van der Waals surface area contributed by atoms with Crippen molar-refractivity contribution in [1.82, 2.24) is 14.3 Å². The van der Waals surface area contributed by atoms with Crippen molar-refractivity contribution in [2.45, 2.75) is 19.9 Å². The topological polar surface area (TPSA) is 98.7 Å². The number of hydrogen-bond donors (Lipinski definition) is 1. The molecule has 154 valence electrons. The molecule has 0 amide bonds. The van der Waals surface area contributed by atoms with Gasteiger partial charge in [-0.25, -0.2) is 9.79 Å². The average molecular weight is 424 g/mol. The van der Waals surface area contributed by atoms with Crippen LogP contribution in [0, 0.1) is 0 Å². The largest absolute Gasteiger partial charge is 0.508 e. The Hall–Kier alpha value is -3.46. The van der Waals surface area contributed by atoms with Gasteiger partial charge in [0.05, 0.1) is 34.6 Å². The molecule has 2 aromatic heterocycles. The van der Waals surface area contributed by atoms with Gasteiger partial charge in [-0.05, 0) is 37.6 Å². The van der Waals surface area contributed by atoms with Gasteiger partial charge < -0.3 is 9.84 Å². The van der Waals surface area contributed by atoms with E-state index in [1.54, 1.807) is 50.0 Å². The minimum Gasteiger partial charge on any atom is -0.508 e. The van der Waals surface area contributed by atoms with Crippen LogP contribution < -0.4 is 14.9 Å². The molecule has 4 rings (SSSR count). The number of ether oxygens (including phenoxy) is 1. The summed E-state index contributed by atoms with van der Waals surface area (Å²) < 4.78 is 8.91. The smallest absolute Gasteiger partial charge is 0.338 e. The number of rotatable bonds is 4. The third-order valence-electron chi connectivity index (χ3n) is 4.75. The Kier molecular flexibility index (Phi) is 5.13. The number of phenolic OH excluding ortho intramolecular Hbond substituents is 1. The highest BCUT2D eigenvalue weighted by molar-refractivity contribution is 7.07. The Labute approximate surface area is 175 Å². The number of aromatic hydroxyl groups is 1. The van der Waals surface area contributed by atoms with Crippen LogP contribution in [0.2, 0.25) is 0 Å². The van der Waals surface area contributed by atoms with Gasteiger partial charge in [0.1, 0.15) is 5.75 Å². The minimum absolute atomic E-state index is 0.0983. The Balaban J connectivity index is 1.96. The molecule has 1 atom stereocenters. The second kappa shape index (κ2) is 7.75. The Bertz CT molecular complexity index is 1330. The van der Waals surface area contributed by atoms with Gasteiger partial charge >= 0.3 is 5.97 Å². The first-order valence-electron chi connectivity index (χ1n) is 9.36.